The third-order valence-electron chi connectivity index (χ3n) is 3.60. The van der Waals surface area contributed by atoms with Gasteiger partial charge < -0.3 is 24.7 Å². The zero-order valence-corrected chi connectivity index (χ0v) is 16.8. The van der Waals surface area contributed by atoms with Crippen molar-refractivity contribution in [2.24, 2.45) is 0 Å². The number of nitrogens with two attached hydrogens (primary N) is 1. The van der Waals surface area contributed by atoms with E-state index in [0.717, 1.165) is 11.3 Å². The summed E-state index contributed by atoms with van der Waals surface area (Å²) < 4.78 is 20.2. The molecule has 0 saturated heterocycles. The molecule has 2 aromatic rings. The predicted octanol–water partition coefficient (Wildman–Crippen LogP) is 3.05. The second-order valence-corrected chi connectivity index (χ2v) is 6.95. The van der Waals surface area contributed by atoms with Gasteiger partial charge in [-0.3, -0.25) is 0 Å². The van der Waals surface area contributed by atoms with Crippen LogP contribution in [0.2, 0.25) is 0 Å². The lowest BCUT2D eigenvalue weighted by Gasteiger charge is -2.10. The Morgan fingerprint density at radius 1 is 1.00 bits per heavy atom. The first-order valence-corrected chi connectivity index (χ1v) is 9.11. The minimum Gasteiger partial charge on any atom is -0.491 e. The molecule has 9 heteroatoms. The topological polar surface area (TPSA) is 114 Å². The highest BCUT2D eigenvalue weighted by molar-refractivity contribution is 7.18. The number of anilines is 1. The average Bonchev–Trinajstić information content (AvgIpc) is 3.01. The molecular weight excluding hydrogens is 386 g/mol. The molecule has 1 aromatic carbocycles. The van der Waals surface area contributed by atoms with Crippen LogP contribution in [0.3, 0.4) is 0 Å². The van der Waals surface area contributed by atoms with Crippen LogP contribution in [0.1, 0.15) is 49.8 Å². The summed E-state index contributed by atoms with van der Waals surface area (Å²) in [6.45, 7) is 3.45. The first-order chi connectivity index (χ1) is 13.3. The van der Waals surface area contributed by atoms with Gasteiger partial charge in [0.1, 0.15) is 27.8 Å². The van der Waals surface area contributed by atoms with Gasteiger partial charge in [-0.2, -0.15) is 0 Å². The number of thiophene rings is 1. The molecule has 0 fully saturated rings. The third-order valence-corrected chi connectivity index (χ3v) is 4.65. The van der Waals surface area contributed by atoms with Crippen molar-refractivity contribution in [3.63, 3.8) is 0 Å². The van der Waals surface area contributed by atoms with E-state index in [0.29, 0.717) is 11.3 Å². The molecular formula is C19H21NO7S. The van der Waals surface area contributed by atoms with Crippen molar-refractivity contribution in [3.8, 4) is 5.75 Å². The summed E-state index contributed by atoms with van der Waals surface area (Å²) >= 11 is 0.867. The van der Waals surface area contributed by atoms with Gasteiger partial charge in [0.15, 0.2) is 0 Å². The summed E-state index contributed by atoms with van der Waals surface area (Å²) in [5, 5.41) is 0.0773. The van der Waals surface area contributed by atoms with E-state index in [1.54, 1.807) is 24.3 Å². The molecule has 28 heavy (non-hydrogen) atoms. The zero-order valence-electron chi connectivity index (χ0n) is 15.9. The second kappa shape index (κ2) is 9.23. The van der Waals surface area contributed by atoms with Crippen LogP contribution in [0, 0.1) is 0 Å². The maximum Gasteiger partial charge on any atom is 0.348 e. The molecule has 0 spiro atoms. The number of ether oxygens (including phenoxy) is 4. The molecule has 2 N–H and O–H groups in total. The molecule has 0 aliphatic heterocycles. The molecule has 0 aliphatic carbocycles. The van der Waals surface area contributed by atoms with Gasteiger partial charge in [0, 0.05) is 5.56 Å². The van der Waals surface area contributed by atoms with Crippen molar-refractivity contribution in [3.05, 3.63) is 45.8 Å². The Kier molecular flexibility index (Phi) is 7.00. The van der Waals surface area contributed by atoms with E-state index in [1.165, 1.54) is 14.2 Å². The Morgan fingerprint density at radius 3 is 2.14 bits per heavy atom. The van der Waals surface area contributed by atoms with Gasteiger partial charge >= 0.3 is 17.9 Å². The molecule has 0 aliphatic rings. The Balaban J connectivity index is 2.22. The Bertz CT molecular complexity index is 871. The van der Waals surface area contributed by atoms with Crippen molar-refractivity contribution < 1.29 is 33.3 Å². The maximum atomic E-state index is 12.3. The lowest BCUT2D eigenvalue weighted by Crippen LogP contribution is -2.13. The van der Waals surface area contributed by atoms with E-state index in [-0.39, 0.29) is 33.7 Å². The molecule has 0 radical (unpaired) electrons. The number of hydrogen-bond acceptors (Lipinski definition) is 9. The lowest BCUT2D eigenvalue weighted by molar-refractivity contribution is 0.0452. The van der Waals surface area contributed by atoms with E-state index in [1.807, 2.05) is 13.8 Å². The Morgan fingerprint density at radius 2 is 1.61 bits per heavy atom. The van der Waals surface area contributed by atoms with E-state index >= 15 is 0 Å². The maximum absolute atomic E-state index is 12.3. The van der Waals surface area contributed by atoms with Crippen molar-refractivity contribution >= 4 is 34.2 Å². The van der Waals surface area contributed by atoms with Gasteiger partial charge in [-0.1, -0.05) is 0 Å². The monoisotopic (exact) mass is 407 g/mol. The molecule has 0 atom stereocenters. The number of nitrogen functional groups attached to an aromatic ring is 1. The molecule has 1 aromatic heterocycles. The summed E-state index contributed by atoms with van der Waals surface area (Å²) in [4.78, 5) is 36.4. The summed E-state index contributed by atoms with van der Waals surface area (Å²) in [5.74, 6) is -1.43. The largest absolute Gasteiger partial charge is 0.491 e. The second-order valence-electron chi connectivity index (χ2n) is 5.90. The molecule has 8 nitrogen and oxygen atoms in total. The predicted molar refractivity (Wildman–Crippen MR) is 103 cm³/mol. The molecule has 0 unspecified atom stereocenters. The van der Waals surface area contributed by atoms with Gasteiger partial charge in [-0.25, -0.2) is 14.4 Å². The Hall–Kier alpha value is -3.07. The molecule has 150 valence electrons. The van der Waals surface area contributed by atoms with Crippen LogP contribution in [0.15, 0.2) is 24.3 Å². The van der Waals surface area contributed by atoms with E-state index in [9.17, 15) is 14.4 Å². The Labute approximate surface area is 166 Å². The number of carbonyl (C=O) groups excluding carboxylic acids is 3. The molecule has 2 rings (SSSR count). The average molecular weight is 407 g/mol. The number of esters is 3. The van der Waals surface area contributed by atoms with Gasteiger partial charge in [-0.15, -0.1) is 11.3 Å². The first kappa shape index (κ1) is 21.2. The van der Waals surface area contributed by atoms with E-state index in [4.69, 9.17) is 24.7 Å². The van der Waals surface area contributed by atoms with Crippen LogP contribution in [0.5, 0.6) is 5.75 Å². The third kappa shape index (κ3) is 4.80. The number of carbonyl (C=O) groups is 3. The van der Waals surface area contributed by atoms with Gasteiger partial charge in [-0.05, 0) is 38.1 Å². The van der Waals surface area contributed by atoms with Crippen molar-refractivity contribution in [2.75, 3.05) is 20.0 Å². The fourth-order valence-electron chi connectivity index (χ4n) is 2.37. The van der Waals surface area contributed by atoms with Crippen LogP contribution in [-0.4, -0.2) is 38.2 Å². The highest BCUT2D eigenvalue weighted by Crippen LogP contribution is 2.33. The summed E-state index contributed by atoms with van der Waals surface area (Å²) in [5.41, 5.74) is 6.27. The van der Waals surface area contributed by atoms with E-state index in [2.05, 4.69) is 0 Å². The molecule has 0 amide bonds. The lowest BCUT2D eigenvalue weighted by atomic mass is 10.1. The van der Waals surface area contributed by atoms with Gasteiger partial charge in [0.25, 0.3) is 0 Å². The quantitative estimate of drug-likeness (QED) is 0.550. The van der Waals surface area contributed by atoms with E-state index < -0.39 is 17.9 Å². The van der Waals surface area contributed by atoms with Crippen molar-refractivity contribution in [1.29, 1.82) is 0 Å². The number of hydrogen-bond donors (Lipinski definition) is 1. The van der Waals surface area contributed by atoms with Crippen molar-refractivity contribution in [2.45, 2.75) is 26.6 Å². The summed E-state index contributed by atoms with van der Waals surface area (Å²) in [7, 11) is 2.39. The van der Waals surface area contributed by atoms with Crippen molar-refractivity contribution in [1.82, 2.24) is 0 Å². The van der Waals surface area contributed by atoms with Crippen LogP contribution in [0.25, 0.3) is 0 Å². The highest BCUT2D eigenvalue weighted by atomic mass is 32.1. The molecule has 1 heterocycles. The smallest absolute Gasteiger partial charge is 0.348 e. The highest BCUT2D eigenvalue weighted by Gasteiger charge is 2.28. The van der Waals surface area contributed by atoms with Crippen LogP contribution in [-0.2, 0) is 20.8 Å². The van der Waals surface area contributed by atoms with Gasteiger partial charge in [0.05, 0.1) is 25.9 Å². The number of methoxy groups -OCH3 is 2. The number of rotatable bonds is 7. The summed E-state index contributed by atoms with van der Waals surface area (Å²) in [6.07, 6.45) is 0.00957. The fraction of sp³-hybridized carbons (Fsp3) is 0.316. The van der Waals surface area contributed by atoms with Crippen LogP contribution in [0.4, 0.5) is 5.00 Å². The zero-order chi connectivity index (χ0) is 20.8. The van der Waals surface area contributed by atoms with Crippen LogP contribution >= 0.6 is 11.3 Å². The van der Waals surface area contributed by atoms with Crippen LogP contribution < -0.4 is 10.5 Å². The molecule has 0 saturated carbocycles. The number of benzene rings is 1. The SMILES string of the molecule is COC(=O)c1sc(N)c(C(=O)OC)c1COC(=O)c1ccc(OC(C)C)cc1. The minimum atomic E-state index is -0.731. The fourth-order valence-corrected chi connectivity index (χ4v) is 3.35. The molecule has 0 bridgehead atoms. The minimum absolute atomic E-state index is 0.00957. The summed E-state index contributed by atoms with van der Waals surface area (Å²) in [6, 6.07) is 6.42. The standard InChI is InChI=1S/C19H21NO7S/c1-10(2)27-12-7-5-11(6-8-12)17(21)26-9-13-14(18(22)24-3)16(20)28-15(13)19(23)25-4/h5-8,10H,9,20H2,1-4H3. The first-order valence-electron chi connectivity index (χ1n) is 8.30. The normalized spacial score (nSPS) is 10.5. The van der Waals surface area contributed by atoms with Gasteiger partial charge in [0.2, 0.25) is 0 Å².